The molecule has 9 nitrogen and oxygen atoms in total. The Bertz CT molecular complexity index is 911. The normalized spacial score (nSPS) is 11.4. The van der Waals surface area contributed by atoms with Gasteiger partial charge in [0.2, 0.25) is 0 Å². The summed E-state index contributed by atoms with van der Waals surface area (Å²) >= 11 is 0. The van der Waals surface area contributed by atoms with Gasteiger partial charge in [0.15, 0.2) is 0 Å². The molecule has 1 atom stereocenters. The number of esters is 2. The maximum atomic E-state index is 12.0. The number of amides is 1. The smallest absolute Gasteiger partial charge is 0.411 e. The van der Waals surface area contributed by atoms with Crippen LogP contribution in [0.15, 0.2) is 49.1 Å². The molecule has 30 heavy (non-hydrogen) atoms. The second kappa shape index (κ2) is 11.5. The van der Waals surface area contributed by atoms with Crippen LogP contribution in [0, 0.1) is 0 Å². The van der Waals surface area contributed by atoms with Gasteiger partial charge in [-0.05, 0) is 17.0 Å². The topological polar surface area (TPSA) is 131 Å². The van der Waals surface area contributed by atoms with Gasteiger partial charge in [-0.3, -0.25) is 10.1 Å². The number of carbonyl (C=O) groups is 3. The zero-order valence-corrected chi connectivity index (χ0v) is 16.2. The molecule has 0 saturated carbocycles. The average molecular weight is 417 g/mol. The summed E-state index contributed by atoms with van der Waals surface area (Å²) in [5.74, 6) is -1.16. The molecule has 2 rings (SSSR count). The van der Waals surface area contributed by atoms with Crippen molar-refractivity contribution in [1.29, 1.82) is 0 Å². The van der Waals surface area contributed by atoms with Crippen LogP contribution < -0.4 is 5.32 Å². The third-order valence-corrected chi connectivity index (χ3v) is 3.96. The fourth-order valence-corrected chi connectivity index (χ4v) is 2.57. The number of hydrogen-bond donors (Lipinski definition) is 3. The van der Waals surface area contributed by atoms with Gasteiger partial charge in [0.1, 0.15) is 25.9 Å². The SMILES string of the molecule is C=CC(=O)OCCOC(=O)Nc1cccc2c(CC(=O)OCC(O)CO)cccc12. The molecule has 0 heterocycles. The third kappa shape index (κ3) is 6.87. The lowest BCUT2D eigenvalue weighted by Crippen LogP contribution is -2.22. The minimum Gasteiger partial charge on any atom is -0.463 e. The van der Waals surface area contributed by atoms with Gasteiger partial charge in [0.05, 0.1) is 18.7 Å². The largest absolute Gasteiger partial charge is 0.463 e. The van der Waals surface area contributed by atoms with E-state index in [0.717, 1.165) is 11.5 Å². The van der Waals surface area contributed by atoms with Crippen LogP contribution in [0.4, 0.5) is 10.5 Å². The zero-order chi connectivity index (χ0) is 21.9. The second-order valence-corrected chi connectivity index (χ2v) is 6.15. The van der Waals surface area contributed by atoms with Crippen LogP contribution in [0.2, 0.25) is 0 Å². The van der Waals surface area contributed by atoms with Crippen molar-refractivity contribution in [3.63, 3.8) is 0 Å². The molecule has 9 heteroatoms. The van der Waals surface area contributed by atoms with Crippen molar-refractivity contribution in [2.75, 3.05) is 31.7 Å². The van der Waals surface area contributed by atoms with Crippen molar-refractivity contribution in [2.45, 2.75) is 12.5 Å². The Labute approximate surface area is 172 Å². The molecule has 0 aliphatic carbocycles. The lowest BCUT2D eigenvalue weighted by molar-refractivity contribution is -0.146. The third-order valence-electron chi connectivity index (χ3n) is 3.96. The molecule has 0 fully saturated rings. The van der Waals surface area contributed by atoms with Crippen molar-refractivity contribution < 1.29 is 38.8 Å². The van der Waals surface area contributed by atoms with Gasteiger partial charge >= 0.3 is 18.0 Å². The molecule has 0 radical (unpaired) electrons. The van der Waals surface area contributed by atoms with E-state index >= 15 is 0 Å². The van der Waals surface area contributed by atoms with Gasteiger partial charge in [-0.15, -0.1) is 0 Å². The predicted octanol–water partition coefficient (Wildman–Crippen LogP) is 1.56. The van der Waals surface area contributed by atoms with Gasteiger partial charge in [-0.2, -0.15) is 0 Å². The van der Waals surface area contributed by atoms with E-state index in [4.69, 9.17) is 19.3 Å². The Morgan fingerprint density at radius 3 is 2.47 bits per heavy atom. The van der Waals surface area contributed by atoms with E-state index in [1.54, 1.807) is 36.4 Å². The van der Waals surface area contributed by atoms with E-state index in [-0.39, 0.29) is 26.2 Å². The average Bonchev–Trinajstić information content (AvgIpc) is 2.75. The molecule has 0 bridgehead atoms. The molecule has 1 unspecified atom stereocenters. The molecule has 2 aromatic rings. The van der Waals surface area contributed by atoms with Gasteiger partial charge < -0.3 is 24.4 Å². The van der Waals surface area contributed by atoms with Crippen LogP contribution in [0.1, 0.15) is 5.56 Å². The minimum absolute atomic E-state index is 0.0436. The standard InChI is InChI=1S/C21H23NO8/c1-2-19(25)28-9-10-29-21(27)22-18-8-4-6-16-14(5-3-7-17(16)18)11-20(26)30-13-15(24)12-23/h2-8,15,23-24H,1,9-13H2,(H,22,27). The van der Waals surface area contributed by atoms with Gasteiger partial charge in [0, 0.05) is 11.5 Å². The van der Waals surface area contributed by atoms with Gasteiger partial charge in [-0.1, -0.05) is 36.9 Å². The van der Waals surface area contributed by atoms with Crippen molar-refractivity contribution in [2.24, 2.45) is 0 Å². The van der Waals surface area contributed by atoms with Crippen LogP contribution in [0.5, 0.6) is 0 Å². The Balaban J connectivity index is 2.02. The molecule has 160 valence electrons. The van der Waals surface area contributed by atoms with E-state index < -0.39 is 30.7 Å². The maximum absolute atomic E-state index is 12.0. The van der Waals surface area contributed by atoms with Crippen LogP contribution >= 0.6 is 0 Å². The van der Waals surface area contributed by atoms with Crippen molar-refractivity contribution >= 4 is 34.5 Å². The van der Waals surface area contributed by atoms with E-state index in [1.165, 1.54) is 0 Å². The molecule has 2 aromatic carbocycles. The van der Waals surface area contributed by atoms with Gasteiger partial charge in [-0.25, -0.2) is 9.59 Å². The molecule has 0 aliphatic heterocycles. The molecule has 1 amide bonds. The number of aliphatic hydroxyl groups excluding tert-OH is 2. The predicted molar refractivity (Wildman–Crippen MR) is 108 cm³/mol. The Kier molecular flexibility index (Phi) is 8.79. The summed E-state index contributed by atoms with van der Waals surface area (Å²) < 4.78 is 14.6. The number of rotatable bonds is 10. The molecular weight excluding hydrogens is 394 g/mol. The lowest BCUT2D eigenvalue weighted by Gasteiger charge is -2.12. The maximum Gasteiger partial charge on any atom is 0.411 e. The first-order valence-corrected chi connectivity index (χ1v) is 9.12. The number of anilines is 1. The summed E-state index contributed by atoms with van der Waals surface area (Å²) in [6.45, 7) is 2.26. The highest BCUT2D eigenvalue weighted by atomic mass is 16.6. The summed E-state index contributed by atoms with van der Waals surface area (Å²) in [5.41, 5.74) is 1.15. The Hall–Kier alpha value is -3.43. The van der Waals surface area contributed by atoms with Crippen molar-refractivity contribution in [1.82, 2.24) is 0 Å². The fraction of sp³-hybridized carbons (Fsp3) is 0.286. The van der Waals surface area contributed by atoms with E-state index in [2.05, 4.69) is 11.9 Å². The van der Waals surface area contributed by atoms with Crippen LogP contribution in [-0.4, -0.2) is 60.8 Å². The summed E-state index contributed by atoms with van der Waals surface area (Å²) in [4.78, 5) is 34.9. The van der Waals surface area contributed by atoms with Gasteiger partial charge in [0.25, 0.3) is 0 Å². The summed E-state index contributed by atoms with van der Waals surface area (Å²) in [5, 5.41) is 22.1. The summed E-state index contributed by atoms with van der Waals surface area (Å²) in [7, 11) is 0. The highest BCUT2D eigenvalue weighted by molar-refractivity contribution is 6.02. The van der Waals surface area contributed by atoms with E-state index in [0.29, 0.717) is 16.6 Å². The number of hydrogen-bond acceptors (Lipinski definition) is 8. The number of nitrogens with one attached hydrogen (secondary N) is 1. The molecule has 0 spiro atoms. The highest BCUT2D eigenvalue weighted by Gasteiger charge is 2.13. The fourth-order valence-electron chi connectivity index (χ4n) is 2.57. The van der Waals surface area contributed by atoms with Crippen LogP contribution in [0.25, 0.3) is 10.8 Å². The first kappa shape index (κ1) is 22.9. The molecule has 3 N–H and O–H groups in total. The van der Waals surface area contributed by atoms with E-state index in [1.807, 2.05) is 0 Å². The molecule has 0 saturated heterocycles. The van der Waals surface area contributed by atoms with Crippen LogP contribution in [0.3, 0.4) is 0 Å². The van der Waals surface area contributed by atoms with Crippen molar-refractivity contribution in [3.8, 4) is 0 Å². The Morgan fingerprint density at radius 2 is 1.73 bits per heavy atom. The lowest BCUT2D eigenvalue weighted by atomic mass is 10.0. The molecule has 0 aliphatic rings. The quantitative estimate of drug-likeness (QED) is 0.230. The highest BCUT2D eigenvalue weighted by Crippen LogP contribution is 2.27. The van der Waals surface area contributed by atoms with Crippen LogP contribution in [-0.2, 0) is 30.2 Å². The molecule has 0 aromatic heterocycles. The van der Waals surface area contributed by atoms with E-state index in [9.17, 15) is 19.5 Å². The summed E-state index contributed by atoms with van der Waals surface area (Å²) in [6, 6.07) is 10.5. The summed E-state index contributed by atoms with van der Waals surface area (Å²) in [6.07, 6.45) is -0.875. The monoisotopic (exact) mass is 417 g/mol. The number of benzene rings is 2. The molecular formula is C21H23NO8. The number of fused-ring (bicyclic) bond motifs is 1. The minimum atomic E-state index is -1.12. The number of carbonyl (C=O) groups excluding carboxylic acids is 3. The number of aliphatic hydroxyl groups is 2. The van der Waals surface area contributed by atoms with Crippen molar-refractivity contribution in [3.05, 3.63) is 54.6 Å². The Morgan fingerprint density at radius 1 is 1.03 bits per heavy atom. The zero-order valence-electron chi connectivity index (χ0n) is 16.2. The second-order valence-electron chi connectivity index (χ2n) is 6.15. The first-order valence-electron chi connectivity index (χ1n) is 9.12. The number of ether oxygens (including phenoxy) is 3. The first-order chi connectivity index (χ1) is 14.4.